The van der Waals surface area contributed by atoms with Crippen molar-refractivity contribution in [2.24, 2.45) is 0 Å². The highest BCUT2D eigenvalue weighted by atomic mass is 35.5. The predicted octanol–water partition coefficient (Wildman–Crippen LogP) is 2.74. The van der Waals surface area contributed by atoms with Crippen LogP contribution >= 0.6 is 11.6 Å². The molecule has 24 heavy (non-hydrogen) atoms. The highest BCUT2D eigenvalue weighted by molar-refractivity contribution is 6.34. The van der Waals surface area contributed by atoms with Crippen molar-refractivity contribution < 1.29 is 9.53 Å². The van der Waals surface area contributed by atoms with E-state index in [4.69, 9.17) is 16.3 Å². The first-order valence-corrected chi connectivity index (χ1v) is 8.21. The number of rotatable bonds is 1. The Kier molecular flexibility index (Phi) is 4.45. The second-order valence-electron chi connectivity index (χ2n) is 6.65. The van der Waals surface area contributed by atoms with Gasteiger partial charge in [0.2, 0.25) is 0 Å². The number of hydrogen-bond acceptors (Lipinski definition) is 6. The quantitative estimate of drug-likeness (QED) is 0.737. The summed E-state index contributed by atoms with van der Waals surface area (Å²) in [5.41, 5.74) is 0.152. The van der Waals surface area contributed by atoms with Gasteiger partial charge in [-0.25, -0.2) is 19.7 Å². The lowest BCUT2D eigenvalue weighted by molar-refractivity contribution is 0.0240. The smallest absolute Gasteiger partial charge is 0.410 e. The van der Waals surface area contributed by atoms with E-state index in [1.807, 2.05) is 26.8 Å². The molecule has 1 aliphatic heterocycles. The van der Waals surface area contributed by atoms with Crippen molar-refractivity contribution in [1.29, 1.82) is 0 Å². The van der Waals surface area contributed by atoms with Crippen molar-refractivity contribution in [2.45, 2.75) is 26.4 Å². The van der Waals surface area contributed by atoms with Crippen LogP contribution in [0.3, 0.4) is 0 Å². The maximum Gasteiger partial charge on any atom is 0.410 e. The molecule has 1 saturated heterocycles. The number of anilines is 1. The molecule has 3 heterocycles. The molecule has 2 aromatic heterocycles. The molecular weight excluding hydrogens is 330 g/mol. The van der Waals surface area contributed by atoms with Crippen LogP contribution in [0.4, 0.5) is 10.6 Å². The van der Waals surface area contributed by atoms with Gasteiger partial charge in [-0.15, -0.1) is 0 Å². The van der Waals surface area contributed by atoms with Crippen molar-refractivity contribution >= 4 is 34.4 Å². The number of nitrogens with zero attached hydrogens (tertiary/aromatic N) is 5. The van der Waals surface area contributed by atoms with E-state index in [2.05, 4.69) is 19.9 Å². The van der Waals surface area contributed by atoms with Crippen molar-refractivity contribution in [3.05, 3.63) is 23.7 Å². The first-order valence-electron chi connectivity index (χ1n) is 7.83. The SMILES string of the molecule is CC(C)(C)OC(=O)N1CCN(c2ncnc3c(Cl)nccc23)CC1. The largest absolute Gasteiger partial charge is 0.444 e. The van der Waals surface area contributed by atoms with Gasteiger partial charge in [-0.1, -0.05) is 11.6 Å². The van der Waals surface area contributed by atoms with E-state index in [1.54, 1.807) is 11.1 Å². The highest BCUT2D eigenvalue weighted by Crippen LogP contribution is 2.27. The second-order valence-corrected chi connectivity index (χ2v) is 7.01. The number of hydrogen-bond donors (Lipinski definition) is 0. The number of aromatic nitrogens is 3. The van der Waals surface area contributed by atoms with E-state index in [9.17, 15) is 4.79 Å². The molecule has 0 N–H and O–H groups in total. The van der Waals surface area contributed by atoms with Gasteiger partial charge in [0.25, 0.3) is 0 Å². The molecule has 0 bridgehead atoms. The first-order chi connectivity index (χ1) is 11.3. The summed E-state index contributed by atoms with van der Waals surface area (Å²) in [6.45, 7) is 8.11. The zero-order chi connectivity index (χ0) is 17.3. The molecular formula is C16H20ClN5O2. The summed E-state index contributed by atoms with van der Waals surface area (Å²) in [5.74, 6) is 0.813. The van der Waals surface area contributed by atoms with Gasteiger partial charge in [-0.2, -0.15) is 0 Å². The van der Waals surface area contributed by atoms with Gasteiger partial charge in [0.15, 0.2) is 5.15 Å². The summed E-state index contributed by atoms with van der Waals surface area (Å²) in [7, 11) is 0. The summed E-state index contributed by atoms with van der Waals surface area (Å²) in [4.78, 5) is 28.6. The minimum Gasteiger partial charge on any atom is -0.444 e. The van der Waals surface area contributed by atoms with Gasteiger partial charge in [0.1, 0.15) is 23.3 Å². The normalized spacial score (nSPS) is 15.7. The standard InChI is InChI=1S/C16H20ClN5O2/c1-16(2,3)24-15(23)22-8-6-21(7-9-22)14-11-4-5-18-13(17)12(11)19-10-20-14/h4-5,10H,6-9H2,1-3H3. The lowest BCUT2D eigenvalue weighted by Gasteiger charge is -2.36. The van der Waals surface area contributed by atoms with Crippen LogP contribution in [0.5, 0.6) is 0 Å². The molecule has 8 heteroatoms. The first kappa shape index (κ1) is 16.7. The van der Waals surface area contributed by atoms with Crippen LogP contribution in [0.2, 0.25) is 5.15 Å². The van der Waals surface area contributed by atoms with Crippen LogP contribution in [-0.2, 0) is 4.74 Å². The second kappa shape index (κ2) is 6.39. The summed E-state index contributed by atoms with van der Waals surface area (Å²) < 4.78 is 5.42. The van der Waals surface area contributed by atoms with E-state index < -0.39 is 5.60 Å². The van der Waals surface area contributed by atoms with Crippen LogP contribution in [0.1, 0.15) is 20.8 Å². The molecule has 128 valence electrons. The molecule has 7 nitrogen and oxygen atoms in total. The van der Waals surface area contributed by atoms with Gasteiger partial charge in [0.05, 0.1) is 0 Å². The van der Waals surface area contributed by atoms with Crippen LogP contribution in [0.15, 0.2) is 18.6 Å². The van der Waals surface area contributed by atoms with Gasteiger partial charge in [-0.3, -0.25) is 0 Å². The minimum absolute atomic E-state index is 0.276. The number of halogens is 1. The molecule has 2 aromatic rings. The average molecular weight is 350 g/mol. The third-order valence-corrected chi connectivity index (χ3v) is 3.99. The zero-order valence-corrected chi connectivity index (χ0v) is 14.7. The lowest BCUT2D eigenvalue weighted by Crippen LogP contribution is -2.50. The van der Waals surface area contributed by atoms with E-state index in [0.29, 0.717) is 36.8 Å². The number of piperazine rings is 1. The lowest BCUT2D eigenvalue weighted by atomic mass is 10.2. The molecule has 0 atom stereocenters. The minimum atomic E-state index is -0.485. The Balaban J connectivity index is 1.74. The molecule has 0 aromatic carbocycles. The number of pyridine rings is 1. The Bertz CT molecular complexity index is 754. The van der Waals surface area contributed by atoms with Gasteiger partial charge in [0, 0.05) is 37.8 Å². The maximum atomic E-state index is 12.1. The number of fused-ring (bicyclic) bond motifs is 1. The maximum absolute atomic E-state index is 12.1. The Morgan fingerprint density at radius 2 is 1.88 bits per heavy atom. The van der Waals surface area contributed by atoms with Crippen LogP contribution < -0.4 is 4.90 Å². The van der Waals surface area contributed by atoms with Gasteiger partial charge >= 0.3 is 6.09 Å². The number of carbonyl (C=O) groups is 1. The molecule has 0 saturated carbocycles. The van der Waals surface area contributed by atoms with Gasteiger partial charge in [-0.05, 0) is 26.8 Å². The summed E-state index contributed by atoms with van der Waals surface area (Å²) in [6.07, 6.45) is 2.86. The Morgan fingerprint density at radius 3 is 2.54 bits per heavy atom. The fraction of sp³-hybridized carbons (Fsp3) is 0.500. The summed E-state index contributed by atoms with van der Waals surface area (Å²) in [6, 6.07) is 1.86. The van der Waals surface area contributed by atoms with Crippen molar-refractivity contribution in [3.8, 4) is 0 Å². The molecule has 0 spiro atoms. The topological polar surface area (TPSA) is 71.5 Å². The van der Waals surface area contributed by atoms with Crippen molar-refractivity contribution in [3.63, 3.8) is 0 Å². The predicted molar refractivity (Wildman–Crippen MR) is 92.4 cm³/mol. The molecule has 0 unspecified atom stereocenters. The highest BCUT2D eigenvalue weighted by Gasteiger charge is 2.27. The molecule has 3 rings (SSSR count). The van der Waals surface area contributed by atoms with Crippen molar-refractivity contribution in [2.75, 3.05) is 31.1 Å². The molecule has 1 aliphatic rings. The third kappa shape index (κ3) is 3.51. The Labute approximate surface area is 145 Å². The molecule has 1 amide bonds. The fourth-order valence-corrected chi connectivity index (χ4v) is 2.83. The number of amides is 1. The van der Waals surface area contributed by atoms with E-state index in [1.165, 1.54) is 6.33 Å². The van der Waals surface area contributed by atoms with Gasteiger partial charge < -0.3 is 14.5 Å². The molecule has 0 aliphatic carbocycles. The molecule has 0 radical (unpaired) electrons. The summed E-state index contributed by atoms with van der Waals surface area (Å²) in [5, 5.41) is 1.23. The Hall–Kier alpha value is -2.15. The average Bonchev–Trinajstić information content (AvgIpc) is 2.53. The monoisotopic (exact) mass is 349 g/mol. The van der Waals surface area contributed by atoms with Crippen molar-refractivity contribution in [1.82, 2.24) is 19.9 Å². The van der Waals surface area contributed by atoms with E-state index in [0.717, 1.165) is 11.2 Å². The third-order valence-electron chi connectivity index (χ3n) is 3.72. The van der Waals surface area contributed by atoms with Crippen LogP contribution in [0.25, 0.3) is 10.9 Å². The number of ether oxygens (including phenoxy) is 1. The van der Waals surface area contributed by atoms with Crippen LogP contribution in [0, 0.1) is 0 Å². The zero-order valence-electron chi connectivity index (χ0n) is 14.0. The van der Waals surface area contributed by atoms with E-state index in [-0.39, 0.29) is 6.09 Å². The van der Waals surface area contributed by atoms with E-state index >= 15 is 0 Å². The summed E-state index contributed by atoms with van der Waals surface area (Å²) >= 11 is 6.10. The Morgan fingerprint density at radius 1 is 1.17 bits per heavy atom. The van der Waals surface area contributed by atoms with Crippen LogP contribution in [-0.4, -0.2) is 57.7 Å². The molecule has 1 fully saturated rings. The fourth-order valence-electron chi connectivity index (χ4n) is 2.62. The number of carbonyl (C=O) groups excluding carboxylic acids is 1.